The number of ether oxygens (including phenoxy) is 1. The summed E-state index contributed by atoms with van der Waals surface area (Å²) in [5, 5.41) is 10.5. The van der Waals surface area contributed by atoms with E-state index >= 15 is 0 Å². The minimum absolute atomic E-state index is 0.333. The predicted octanol–water partition coefficient (Wildman–Crippen LogP) is 4.38. The highest BCUT2D eigenvalue weighted by molar-refractivity contribution is 9.10. The van der Waals surface area contributed by atoms with Gasteiger partial charge in [0.1, 0.15) is 17.7 Å². The summed E-state index contributed by atoms with van der Waals surface area (Å²) in [6.45, 7) is 4.37. The maximum absolute atomic E-state index is 13.3. The zero-order valence-electron chi connectivity index (χ0n) is 11.4. The Morgan fingerprint density at radius 2 is 2.00 bits per heavy atom. The molecule has 0 fully saturated rings. The molecule has 0 aliphatic heterocycles. The van der Waals surface area contributed by atoms with Gasteiger partial charge in [-0.2, -0.15) is 0 Å². The van der Waals surface area contributed by atoms with Crippen LogP contribution in [0.3, 0.4) is 0 Å². The van der Waals surface area contributed by atoms with E-state index in [1.54, 1.807) is 12.1 Å². The molecule has 0 saturated carbocycles. The van der Waals surface area contributed by atoms with E-state index in [1.165, 1.54) is 6.07 Å². The Bertz CT molecular complexity index is 613. The molecule has 0 saturated heterocycles. The molecule has 0 aliphatic carbocycles. The maximum Gasteiger partial charge on any atom is 0.137 e. The van der Waals surface area contributed by atoms with Crippen LogP contribution in [0.4, 0.5) is 4.39 Å². The molecule has 1 atom stereocenters. The summed E-state index contributed by atoms with van der Waals surface area (Å²) in [6.07, 6.45) is -0.853. The van der Waals surface area contributed by atoms with Gasteiger partial charge in [-0.25, -0.2) is 4.39 Å². The average molecular weight is 339 g/mol. The SMILES string of the molecule is CCOc1ccc(C)cc1C(O)c1ccc(F)c(Br)c1. The summed E-state index contributed by atoms with van der Waals surface area (Å²) < 4.78 is 19.2. The van der Waals surface area contributed by atoms with E-state index in [1.807, 2.05) is 32.0 Å². The van der Waals surface area contributed by atoms with Crippen molar-refractivity contribution >= 4 is 15.9 Å². The molecule has 0 aliphatic rings. The first-order chi connectivity index (χ1) is 9.52. The third kappa shape index (κ3) is 3.19. The van der Waals surface area contributed by atoms with Crippen molar-refractivity contribution in [3.8, 4) is 5.75 Å². The Morgan fingerprint density at radius 3 is 2.65 bits per heavy atom. The van der Waals surface area contributed by atoms with Crippen LogP contribution in [-0.2, 0) is 0 Å². The first-order valence-electron chi connectivity index (χ1n) is 6.39. The Balaban J connectivity index is 2.43. The fraction of sp³-hybridized carbons (Fsp3) is 0.250. The predicted molar refractivity (Wildman–Crippen MR) is 80.5 cm³/mol. The maximum atomic E-state index is 13.3. The molecule has 0 aromatic heterocycles. The van der Waals surface area contributed by atoms with Gasteiger partial charge in [-0.15, -0.1) is 0 Å². The molecule has 0 heterocycles. The molecule has 2 aromatic rings. The van der Waals surface area contributed by atoms with Crippen LogP contribution in [-0.4, -0.2) is 11.7 Å². The lowest BCUT2D eigenvalue weighted by molar-refractivity contribution is 0.211. The quantitative estimate of drug-likeness (QED) is 0.896. The van der Waals surface area contributed by atoms with E-state index in [0.717, 1.165) is 5.56 Å². The standard InChI is InChI=1S/C16H16BrFO2/c1-3-20-15-7-4-10(2)8-12(15)16(19)11-5-6-14(18)13(17)9-11/h4-9,16,19H,3H2,1-2H3. The topological polar surface area (TPSA) is 29.5 Å². The summed E-state index contributed by atoms with van der Waals surface area (Å²) in [7, 11) is 0. The van der Waals surface area contributed by atoms with Crippen LogP contribution < -0.4 is 4.74 Å². The number of aryl methyl sites for hydroxylation is 1. The van der Waals surface area contributed by atoms with Gasteiger partial charge in [0.15, 0.2) is 0 Å². The lowest BCUT2D eigenvalue weighted by Crippen LogP contribution is -2.05. The fourth-order valence-corrected chi connectivity index (χ4v) is 2.43. The highest BCUT2D eigenvalue weighted by atomic mass is 79.9. The largest absolute Gasteiger partial charge is 0.493 e. The smallest absolute Gasteiger partial charge is 0.137 e. The van der Waals surface area contributed by atoms with Crippen molar-refractivity contribution in [3.63, 3.8) is 0 Å². The number of rotatable bonds is 4. The molecule has 2 rings (SSSR count). The van der Waals surface area contributed by atoms with Crippen LogP contribution in [0.1, 0.15) is 29.7 Å². The molecule has 0 amide bonds. The summed E-state index contributed by atoms with van der Waals surface area (Å²) in [6, 6.07) is 10.1. The van der Waals surface area contributed by atoms with Gasteiger partial charge in [0.25, 0.3) is 0 Å². The first-order valence-corrected chi connectivity index (χ1v) is 7.18. The van der Waals surface area contributed by atoms with Crippen LogP contribution >= 0.6 is 15.9 Å². The third-order valence-corrected chi connectivity index (χ3v) is 3.63. The zero-order chi connectivity index (χ0) is 14.7. The lowest BCUT2D eigenvalue weighted by atomic mass is 9.99. The van der Waals surface area contributed by atoms with Crippen molar-refractivity contribution in [2.24, 2.45) is 0 Å². The lowest BCUT2D eigenvalue weighted by Gasteiger charge is -2.17. The summed E-state index contributed by atoms with van der Waals surface area (Å²) in [5.74, 6) is 0.293. The summed E-state index contributed by atoms with van der Waals surface area (Å²) >= 11 is 3.13. The van der Waals surface area contributed by atoms with Gasteiger partial charge in [0.2, 0.25) is 0 Å². The fourth-order valence-electron chi connectivity index (χ4n) is 2.03. The van der Waals surface area contributed by atoms with E-state index in [-0.39, 0.29) is 5.82 Å². The molecule has 4 heteroatoms. The van der Waals surface area contributed by atoms with E-state index in [2.05, 4.69) is 15.9 Å². The highest BCUT2D eigenvalue weighted by Crippen LogP contribution is 2.32. The first kappa shape index (κ1) is 15.0. The molecule has 0 radical (unpaired) electrons. The van der Waals surface area contributed by atoms with E-state index in [9.17, 15) is 9.50 Å². The number of hydrogen-bond donors (Lipinski definition) is 1. The van der Waals surface area contributed by atoms with Crippen LogP contribution in [0, 0.1) is 12.7 Å². The number of benzene rings is 2. The molecule has 1 unspecified atom stereocenters. The minimum atomic E-state index is -0.853. The van der Waals surface area contributed by atoms with E-state index in [0.29, 0.717) is 28.0 Å². The summed E-state index contributed by atoms with van der Waals surface area (Å²) in [4.78, 5) is 0. The zero-order valence-corrected chi connectivity index (χ0v) is 12.9. The Morgan fingerprint density at radius 1 is 1.25 bits per heavy atom. The molecule has 20 heavy (non-hydrogen) atoms. The molecular formula is C16H16BrFO2. The van der Waals surface area contributed by atoms with Crippen molar-refractivity contribution in [2.75, 3.05) is 6.61 Å². The van der Waals surface area contributed by atoms with Gasteiger partial charge in [-0.05, 0) is 59.6 Å². The second-order valence-corrected chi connectivity index (χ2v) is 5.40. The van der Waals surface area contributed by atoms with Crippen molar-refractivity contribution in [1.82, 2.24) is 0 Å². The summed E-state index contributed by atoms with van der Waals surface area (Å²) in [5.41, 5.74) is 2.33. The number of halogens is 2. The van der Waals surface area contributed by atoms with Crippen LogP contribution in [0.5, 0.6) is 5.75 Å². The second kappa shape index (κ2) is 6.37. The number of hydrogen-bond acceptors (Lipinski definition) is 2. The Hall–Kier alpha value is -1.39. The van der Waals surface area contributed by atoms with Gasteiger partial charge in [-0.3, -0.25) is 0 Å². The minimum Gasteiger partial charge on any atom is -0.493 e. The van der Waals surface area contributed by atoms with Crippen molar-refractivity contribution in [1.29, 1.82) is 0 Å². The van der Waals surface area contributed by atoms with Gasteiger partial charge in [-0.1, -0.05) is 17.7 Å². The average Bonchev–Trinajstić information content (AvgIpc) is 2.43. The number of aliphatic hydroxyl groups excluding tert-OH is 1. The van der Waals surface area contributed by atoms with Crippen LogP contribution in [0.2, 0.25) is 0 Å². The normalized spacial score (nSPS) is 12.2. The molecular weight excluding hydrogens is 323 g/mol. The van der Waals surface area contributed by atoms with Crippen LogP contribution in [0.15, 0.2) is 40.9 Å². The van der Waals surface area contributed by atoms with Gasteiger partial charge >= 0.3 is 0 Å². The monoisotopic (exact) mass is 338 g/mol. The molecule has 106 valence electrons. The molecule has 0 bridgehead atoms. The van der Waals surface area contributed by atoms with Gasteiger partial charge < -0.3 is 9.84 Å². The van der Waals surface area contributed by atoms with Gasteiger partial charge in [0.05, 0.1) is 11.1 Å². The number of aliphatic hydroxyl groups is 1. The van der Waals surface area contributed by atoms with Crippen molar-refractivity contribution in [2.45, 2.75) is 20.0 Å². The second-order valence-electron chi connectivity index (χ2n) is 4.55. The molecule has 2 nitrogen and oxygen atoms in total. The highest BCUT2D eigenvalue weighted by Gasteiger charge is 2.17. The molecule has 0 spiro atoms. The Kier molecular flexibility index (Phi) is 4.78. The van der Waals surface area contributed by atoms with Crippen LogP contribution in [0.25, 0.3) is 0 Å². The van der Waals surface area contributed by atoms with E-state index < -0.39 is 6.10 Å². The van der Waals surface area contributed by atoms with Crippen molar-refractivity contribution in [3.05, 3.63) is 63.4 Å². The van der Waals surface area contributed by atoms with Gasteiger partial charge in [0, 0.05) is 5.56 Å². The van der Waals surface area contributed by atoms with Crippen molar-refractivity contribution < 1.29 is 14.2 Å². The molecule has 2 aromatic carbocycles. The third-order valence-electron chi connectivity index (χ3n) is 3.02. The molecule has 1 N–H and O–H groups in total. The van der Waals surface area contributed by atoms with E-state index in [4.69, 9.17) is 4.74 Å². The Labute approximate surface area is 126 Å².